The minimum atomic E-state index is -4.63. The highest BCUT2D eigenvalue weighted by atomic mass is 31.2. The minimum Gasteiger partial charge on any atom is -0.462 e. The second-order valence-corrected chi connectivity index (χ2v) is 15.5. The summed E-state index contributed by atoms with van der Waals surface area (Å²) in [5, 5.41) is 18.3. The third kappa shape index (κ3) is 39.7. The van der Waals surface area contributed by atoms with E-state index in [1.54, 1.807) is 0 Å². The standard InChI is InChI=1S/C44H77O10P/c1-3-5-7-9-11-13-15-17-18-19-20-21-22-24-26-28-30-32-34-36-44(48)54-42(40-53-55(49,50)52-38-41(46)37-45)39-51-43(47)35-33-31-29-27-25-23-16-14-12-10-8-6-4-2/h11,13-14,16-18,20-21,24,26,41-42,45-46H,3-10,12,15,19,22-23,25,27-40H2,1-2H3,(H,49,50)/b13-11-,16-14-,18-17-,21-20-,26-24-/t41-,42+/m0/s1. The molecule has 0 aliphatic carbocycles. The number of aliphatic hydroxyl groups excluding tert-OH is 2. The summed E-state index contributed by atoms with van der Waals surface area (Å²) in [6, 6.07) is 0. The van der Waals surface area contributed by atoms with Gasteiger partial charge in [0.15, 0.2) is 6.10 Å². The van der Waals surface area contributed by atoms with Crippen LogP contribution in [0.1, 0.15) is 168 Å². The van der Waals surface area contributed by atoms with E-state index in [1.165, 1.54) is 51.4 Å². The summed E-state index contributed by atoms with van der Waals surface area (Å²) in [4.78, 5) is 34.9. The maximum absolute atomic E-state index is 12.6. The van der Waals surface area contributed by atoms with Crippen molar-refractivity contribution in [3.63, 3.8) is 0 Å². The zero-order valence-corrected chi connectivity index (χ0v) is 35.3. The Morgan fingerprint density at radius 2 is 0.945 bits per heavy atom. The summed E-state index contributed by atoms with van der Waals surface area (Å²) in [6.07, 6.45) is 43.3. The number of rotatable bonds is 39. The number of esters is 2. The van der Waals surface area contributed by atoms with Gasteiger partial charge in [-0.1, -0.05) is 132 Å². The van der Waals surface area contributed by atoms with Crippen molar-refractivity contribution in [3.8, 4) is 0 Å². The highest BCUT2D eigenvalue weighted by Crippen LogP contribution is 2.43. The molecule has 0 rings (SSSR count). The summed E-state index contributed by atoms with van der Waals surface area (Å²) in [5.74, 6) is -0.975. The van der Waals surface area contributed by atoms with Crippen LogP contribution >= 0.6 is 7.82 Å². The maximum Gasteiger partial charge on any atom is 0.472 e. The molecule has 0 bridgehead atoms. The van der Waals surface area contributed by atoms with E-state index in [0.717, 1.165) is 77.0 Å². The highest BCUT2D eigenvalue weighted by Gasteiger charge is 2.27. The highest BCUT2D eigenvalue weighted by molar-refractivity contribution is 7.47. The van der Waals surface area contributed by atoms with Gasteiger partial charge in [0.1, 0.15) is 12.7 Å². The maximum atomic E-state index is 12.6. The molecule has 0 aromatic rings. The van der Waals surface area contributed by atoms with E-state index >= 15 is 0 Å². The summed E-state index contributed by atoms with van der Waals surface area (Å²) in [7, 11) is -4.63. The lowest BCUT2D eigenvalue weighted by molar-refractivity contribution is -0.161. The Morgan fingerprint density at radius 3 is 1.49 bits per heavy atom. The van der Waals surface area contributed by atoms with Gasteiger partial charge in [-0.05, 0) is 83.5 Å². The van der Waals surface area contributed by atoms with Crippen molar-refractivity contribution in [3.05, 3.63) is 60.8 Å². The molecule has 0 amide bonds. The Labute approximate surface area is 334 Å². The topological polar surface area (TPSA) is 149 Å². The lowest BCUT2D eigenvalue weighted by Gasteiger charge is -2.20. The van der Waals surface area contributed by atoms with Crippen LogP contribution in [0.2, 0.25) is 0 Å². The van der Waals surface area contributed by atoms with Gasteiger partial charge in [0.2, 0.25) is 0 Å². The van der Waals surface area contributed by atoms with Crippen molar-refractivity contribution in [1.82, 2.24) is 0 Å². The first-order valence-corrected chi connectivity index (χ1v) is 22.7. The van der Waals surface area contributed by atoms with Crippen LogP contribution in [0.5, 0.6) is 0 Å². The van der Waals surface area contributed by atoms with Gasteiger partial charge in [-0.25, -0.2) is 4.57 Å². The number of aliphatic hydroxyl groups is 2. The Kier molecular flexibility index (Phi) is 38.2. The normalized spacial score (nSPS) is 14.5. The number of hydrogen-bond donors (Lipinski definition) is 3. The zero-order valence-electron chi connectivity index (χ0n) is 34.4. The van der Waals surface area contributed by atoms with Crippen LogP contribution in [0, 0.1) is 0 Å². The molecule has 55 heavy (non-hydrogen) atoms. The first-order valence-electron chi connectivity index (χ1n) is 21.2. The number of carbonyl (C=O) groups is 2. The lowest BCUT2D eigenvalue weighted by atomic mass is 10.1. The molecular weight excluding hydrogens is 719 g/mol. The summed E-state index contributed by atoms with van der Waals surface area (Å²) in [5.41, 5.74) is 0. The first kappa shape index (κ1) is 52.7. The fourth-order valence-corrected chi connectivity index (χ4v) is 6.11. The summed E-state index contributed by atoms with van der Waals surface area (Å²) < 4.78 is 32.6. The van der Waals surface area contributed by atoms with Gasteiger partial charge < -0.3 is 24.6 Å². The van der Waals surface area contributed by atoms with Gasteiger partial charge in [-0.2, -0.15) is 0 Å². The van der Waals surface area contributed by atoms with Crippen LogP contribution in [0.3, 0.4) is 0 Å². The molecule has 0 saturated heterocycles. The van der Waals surface area contributed by atoms with Crippen molar-refractivity contribution >= 4 is 19.8 Å². The number of ether oxygens (including phenoxy) is 2. The Hall–Kier alpha value is -2.33. The average molecular weight is 797 g/mol. The number of hydrogen-bond acceptors (Lipinski definition) is 9. The minimum absolute atomic E-state index is 0.143. The number of unbranched alkanes of at least 4 members (excludes halogenated alkanes) is 15. The van der Waals surface area contributed by atoms with E-state index in [1.807, 2.05) is 0 Å². The van der Waals surface area contributed by atoms with Crippen molar-refractivity contribution in [2.75, 3.05) is 26.4 Å². The van der Waals surface area contributed by atoms with E-state index < -0.39 is 51.8 Å². The Balaban J connectivity index is 4.40. The molecule has 10 nitrogen and oxygen atoms in total. The van der Waals surface area contributed by atoms with Crippen LogP contribution in [-0.2, 0) is 32.7 Å². The Morgan fingerprint density at radius 1 is 0.545 bits per heavy atom. The summed E-state index contributed by atoms with van der Waals surface area (Å²) >= 11 is 0. The predicted octanol–water partition coefficient (Wildman–Crippen LogP) is 11.1. The molecule has 0 fully saturated rings. The molecule has 11 heteroatoms. The fourth-order valence-electron chi connectivity index (χ4n) is 5.32. The molecule has 0 aromatic heterocycles. The first-order chi connectivity index (χ1) is 26.7. The zero-order chi connectivity index (χ0) is 40.5. The average Bonchev–Trinajstić information content (AvgIpc) is 3.17. The van der Waals surface area contributed by atoms with Gasteiger partial charge in [-0.3, -0.25) is 18.6 Å². The Bertz CT molecular complexity index is 1100. The molecule has 3 N–H and O–H groups in total. The van der Waals surface area contributed by atoms with Gasteiger partial charge >= 0.3 is 19.8 Å². The van der Waals surface area contributed by atoms with Gasteiger partial charge in [0.25, 0.3) is 0 Å². The molecule has 0 aliphatic heterocycles. The molecule has 0 heterocycles. The van der Waals surface area contributed by atoms with Crippen molar-refractivity contribution in [2.45, 2.75) is 180 Å². The summed E-state index contributed by atoms with van der Waals surface area (Å²) in [6.45, 7) is 2.27. The van der Waals surface area contributed by atoms with Crippen LogP contribution < -0.4 is 0 Å². The van der Waals surface area contributed by atoms with Crippen molar-refractivity contribution in [1.29, 1.82) is 0 Å². The molecule has 0 aromatic carbocycles. The fraction of sp³-hybridized carbons (Fsp3) is 0.727. The molecular formula is C44H77O10P. The molecule has 0 radical (unpaired) electrons. The third-order valence-corrected chi connectivity index (χ3v) is 9.60. The predicted molar refractivity (Wildman–Crippen MR) is 224 cm³/mol. The van der Waals surface area contributed by atoms with Crippen LogP contribution in [0.15, 0.2) is 60.8 Å². The lowest BCUT2D eigenvalue weighted by Crippen LogP contribution is -2.29. The number of phosphoric ester groups is 1. The monoisotopic (exact) mass is 797 g/mol. The number of allylic oxidation sites excluding steroid dienone is 10. The van der Waals surface area contributed by atoms with Gasteiger partial charge in [0.05, 0.1) is 19.8 Å². The third-order valence-electron chi connectivity index (χ3n) is 8.64. The number of carbonyl (C=O) groups excluding carboxylic acids is 2. The van der Waals surface area contributed by atoms with Crippen molar-refractivity contribution < 1.29 is 47.8 Å². The quantitative estimate of drug-likeness (QED) is 0.0237. The van der Waals surface area contributed by atoms with E-state index in [0.29, 0.717) is 12.8 Å². The SMILES string of the molecule is CCCCC/C=C\C/C=C\C/C=C\C/C=C\CCCCCC(=O)O[C@H](COC(=O)CCCCCCC/C=C\CCCCCC)COP(=O)(O)OC[C@@H](O)CO. The molecule has 0 saturated carbocycles. The van der Waals surface area contributed by atoms with E-state index in [2.05, 4.69) is 79.1 Å². The second kappa shape index (κ2) is 39.9. The van der Waals surface area contributed by atoms with Crippen molar-refractivity contribution in [2.24, 2.45) is 0 Å². The molecule has 3 atom stereocenters. The van der Waals surface area contributed by atoms with Crippen LogP contribution in [0.25, 0.3) is 0 Å². The van der Waals surface area contributed by atoms with Crippen LogP contribution in [0.4, 0.5) is 0 Å². The molecule has 0 spiro atoms. The van der Waals surface area contributed by atoms with Gasteiger partial charge in [-0.15, -0.1) is 0 Å². The van der Waals surface area contributed by atoms with E-state index in [-0.39, 0.29) is 19.4 Å². The molecule has 0 aliphatic rings. The second-order valence-electron chi connectivity index (χ2n) is 14.0. The van der Waals surface area contributed by atoms with Gasteiger partial charge in [0, 0.05) is 12.8 Å². The van der Waals surface area contributed by atoms with E-state index in [4.69, 9.17) is 19.1 Å². The van der Waals surface area contributed by atoms with Crippen LogP contribution in [-0.4, -0.2) is 65.7 Å². The molecule has 1 unspecified atom stereocenters. The van der Waals surface area contributed by atoms with E-state index in [9.17, 15) is 24.2 Å². The molecule has 318 valence electrons. The number of phosphoric acid groups is 1. The smallest absolute Gasteiger partial charge is 0.462 e. The largest absolute Gasteiger partial charge is 0.472 e.